The molecule has 114 valence electrons. The Balaban J connectivity index is 2.60. The molecule has 0 aliphatic heterocycles. The zero-order valence-electron chi connectivity index (χ0n) is 13.2. The maximum atomic E-state index is 13.4. The Labute approximate surface area is 133 Å². The van der Waals surface area contributed by atoms with E-state index >= 15 is 0 Å². The number of allylic oxidation sites excluding steroid dienone is 4. The fourth-order valence-corrected chi connectivity index (χ4v) is 6.55. The highest BCUT2D eigenvalue weighted by Gasteiger charge is 2.40. The van der Waals surface area contributed by atoms with Crippen molar-refractivity contribution in [1.29, 1.82) is 0 Å². The van der Waals surface area contributed by atoms with Crippen LogP contribution in [0.3, 0.4) is 0 Å². The number of benzene rings is 2. The molecule has 0 nitrogen and oxygen atoms in total. The highest BCUT2D eigenvalue weighted by Crippen LogP contribution is 2.56. The van der Waals surface area contributed by atoms with Crippen molar-refractivity contribution in [3.8, 4) is 0 Å². The summed E-state index contributed by atoms with van der Waals surface area (Å²) in [5.74, 6) is -0.174. The first-order chi connectivity index (χ1) is 10.7. The molecule has 22 heavy (non-hydrogen) atoms. The summed E-state index contributed by atoms with van der Waals surface area (Å²) in [6.45, 7) is 4.11. The van der Waals surface area contributed by atoms with E-state index in [0.29, 0.717) is 0 Å². The van der Waals surface area contributed by atoms with Crippen LogP contribution in [0.25, 0.3) is 0 Å². The summed E-state index contributed by atoms with van der Waals surface area (Å²) in [5.41, 5.74) is 0. The SMILES string of the molecule is C/C=C\C[P+](C/C=C\C)(c1ccccc1)c1ccc([18F])cc1. The van der Waals surface area contributed by atoms with Gasteiger partial charge in [0.05, 0.1) is 24.9 Å². The van der Waals surface area contributed by atoms with Gasteiger partial charge in [0.25, 0.3) is 0 Å². The van der Waals surface area contributed by atoms with Crippen molar-refractivity contribution in [2.75, 3.05) is 12.3 Å². The molecule has 0 saturated carbocycles. The van der Waals surface area contributed by atoms with Crippen molar-refractivity contribution in [1.82, 2.24) is 0 Å². The standard InChI is InChI=1S/C20H23FP/c1-3-5-16-22(17-6-4-2,19-10-8-7-9-11-19)20-14-12-18(21)13-15-20/h3-15H,16-17H2,1-2H3/q+1/b5-3-,6-4-/i21-1. The third kappa shape index (κ3) is 3.72. The minimum atomic E-state index is -1.59. The van der Waals surface area contributed by atoms with E-state index in [2.05, 4.69) is 62.4 Å². The number of hydrogen-bond donors (Lipinski definition) is 0. The predicted octanol–water partition coefficient (Wildman–Crippen LogP) is 4.95. The minimum absolute atomic E-state index is 0.174. The van der Waals surface area contributed by atoms with Gasteiger partial charge in [-0.1, -0.05) is 42.5 Å². The van der Waals surface area contributed by atoms with E-state index in [1.807, 2.05) is 18.2 Å². The molecule has 0 atom stereocenters. The van der Waals surface area contributed by atoms with Crippen molar-refractivity contribution in [2.45, 2.75) is 13.8 Å². The first-order valence-corrected chi connectivity index (χ1v) is 9.80. The molecule has 0 bridgehead atoms. The zero-order valence-corrected chi connectivity index (χ0v) is 14.1. The second-order valence-electron chi connectivity index (χ2n) is 5.28. The molecule has 0 fully saturated rings. The van der Waals surface area contributed by atoms with Crippen LogP contribution in [0.15, 0.2) is 78.9 Å². The number of rotatable bonds is 6. The molecule has 0 amide bonds. The third-order valence-electron chi connectivity index (χ3n) is 3.88. The van der Waals surface area contributed by atoms with Crippen molar-refractivity contribution in [3.63, 3.8) is 0 Å². The molecule has 0 aromatic heterocycles. The molecule has 2 rings (SSSR count). The van der Waals surface area contributed by atoms with Gasteiger partial charge < -0.3 is 0 Å². The van der Waals surface area contributed by atoms with Crippen molar-refractivity contribution in [3.05, 3.63) is 84.7 Å². The summed E-state index contributed by atoms with van der Waals surface area (Å²) in [5, 5.41) is 2.63. The molecule has 0 saturated heterocycles. The van der Waals surface area contributed by atoms with E-state index in [-0.39, 0.29) is 5.82 Å². The van der Waals surface area contributed by atoms with Crippen molar-refractivity contribution in [2.24, 2.45) is 0 Å². The van der Waals surface area contributed by atoms with Crippen LogP contribution in [0, 0.1) is 5.82 Å². The predicted molar refractivity (Wildman–Crippen MR) is 98.4 cm³/mol. The Kier molecular flexibility index (Phi) is 6.10. The Bertz CT molecular complexity index is 613. The highest BCUT2D eigenvalue weighted by molar-refractivity contribution is 7.89. The van der Waals surface area contributed by atoms with Gasteiger partial charge in [-0.15, -0.1) is 0 Å². The van der Waals surface area contributed by atoms with Crippen LogP contribution in [0.2, 0.25) is 0 Å². The second kappa shape index (κ2) is 8.06. The lowest BCUT2D eigenvalue weighted by Crippen LogP contribution is -2.26. The van der Waals surface area contributed by atoms with E-state index in [9.17, 15) is 4.39 Å². The van der Waals surface area contributed by atoms with Crippen LogP contribution < -0.4 is 10.6 Å². The van der Waals surface area contributed by atoms with E-state index in [1.54, 1.807) is 12.1 Å². The molecule has 0 spiro atoms. The molecule has 0 N–H and O–H groups in total. The number of hydrogen-bond acceptors (Lipinski definition) is 0. The van der Waals surface area contributed by atoms with Crippen LogP contribution >= 0.6 is 7.26 Å². The van der Waals surface area contributed by atoms with Gasteiger partial charge in [-0.05, 0) is 50.2 Å². The Hall–Kier alpha value is -1.72. The highest BCUT2D eigenvalue weighted by atomic mass is 31.2. The summed E-state index contributed by atoms with van der Waals surface area (Å²) in [7, 11) is -1.59. The quantitative estimate of drug-likeness (QED) is 0.523. The molecule has 2 aromatic carbocycles. The normalized spacial score (nSPS) is 12.3. The lowest BCUT2D eigenvalue weighted by Gasteiger charge is -2.25. The van der Waals surface area contributed by atoms with Crippen LogP contribution in [0.4, 0.5) is 4.39 Å². The van der Waals surface area contributed by atoms with Crippen LogP contribution in [0.5, 0.6) is 0 Å². The molecule has 0 aliphatic rings. The van der Waals surface area contributed by atoms with Gasteiger partial charge in [-0.3, -0.25) is 0 Å². The maximum absolute atomic E-state index is 13.4. The van der Waals surface area contributed by atoms with Gasteiger partial charge in [-0.25, -0.2) is 4.39 Å². The molecular formula is C20H23FP+. The van der Waals surface area contributed by atoms with Crippen LogP contribution in [-0.4, -0.2) is 12.3 Å². The lowest BCUT2D eigenvalue weighted by atomic mass is 10.3. The third-order valence-corrected chi connectivity index (χ3v) is 8.12. The second-order valence-corrected chi connectivity index (χ2v) is 8.98. The first-order valence-electron chi connectivity index (χ1n) is 7.64. The number of halogens is 1. The Morgan fingerprint density at radius 1 is 0.773 bits per heavy atom. The average Bonchev–Trinajstić information content (AvgIpc) is 2.57. The molecule has 0 heterocycles. The Morgan fingerprint density at radius 2 is 1.27 bits per heavy atom. The van der Waals surface area contributed by atoms with Gasteiger partial charge >= 0.3 is 0 Å². The van der Waals surface area contributed by atoms with Gasteiger partial charge in [0.15, 0.2) is 0 Å². The topological polar surface area (TPSA) is 0 Å². The molecule has 0 aliphatic carbocycles. The monoisotopic (exact) mass is 312 g/mol. The Morgan fingerprint density at radius 3 is 1.77 bits per heavy atom. The molecule has 2 aromatic rings. The largest absolute Gasteiger partial charge is 0.207 e. The molecule has 0 unspecified atom stereocenters. The van der Waals surface area contributed by atoms with Gasteiger partial charge in [0, 0.05) is 0 Å². The fraction of sp³-hybridized carbons (Fsp3) is 0.200. The van der Waals surface area contributed by atoms with Gasteiger partial charge in [-0.2, -0.15) is 0 Å². The molecule has 0 radical (unpaired) electrons. The summed E-state index contributed by atoms with van der Waals surface area (Å²) in [6, 6.07) is 17.8. The summed E-state index contributed by atoms with van der Waals surface area (Å²) in [6.07, 6.45) is 10.7. The average molecular weight is 312 g/mol. The zero-order chi connectivity index (χ0) is 15.8. The van der Waals surface area contributed by atoms with Gasteiger partial charge in [0.1, 0.15) is 11.1 Å². The summed E-state index contributed by atoms with van der Waals surface area (Å²) in [4.78, 5) is 0. The minimum Gasteiger partial charge on any atom is -0.207 e. The summed E-state index contributed by atoms with van der Waals surface area (Å²) >= 11 is 0. The maximum Gasteiger partial charge on any atom is 0.123 e. The van der Waals surface area contributed by atoms with Crippen LogP contribution in [0.1, 0.15) is 13.8 Å². The molecular weight excluding hydrogens is 289 g/mol. The molecule has 2 heteroatoms. The summed E-state index contributed by atoms with van der Waals surface area (Å²) < 4.78 is 13.4. The van der Waals surface area contributed by atoms with E-state index in [4.69, 9.17) is 0 Å². The van der Waals surface area contributed by atoms with Crippen LogP contribution in [-0.2, 0) is 0 Å². The van der Waals surface area contributed by atoms with Crippen molar-refractivity contribution >= 4 is 17.9 Å². The fourth-order valence-electron chi connectivity index (χ4n) is 2.66. The smallest absolute Gasteiger partial charge is 0.123 e. The van der Waals surface area contributed by atoms with Gasteiger partial charge in [0.2, 0.25) is 0 Å². The van der Waals surface area contributed by atoms with E-state index in [0.717, 1.165) is 12.3 Å². The van der Waals surface area contributed by atoms with E-state index in [1.165, 1.54) is 10.6 Å². The van der Waals surface area contributed by atoms with Crippen molar-refractivity contribution < 1.29 is 4.39 Å². The first kappa shape index (κ1) is 16.6. The van der Waals surface area contributed by atoms with E-state index < -0.39 is 7.26 Å². The lowest BCUT2D eigenvalue weighted by molar-refractivity contribution is 0.628.